The third-order valence-electron chi connectivity index (χ3n) is 4.28. The highest BCUT2D eigenvalue weighted by molar-refractivity contribution is 7.99. The summed E-state index contributed by atoms with van der Waals surface area (Å²) < 4.78 is 4.99. The predicted octanol–water partition coefficient (Wildman–Crippen LogP) is 2.61. The molecule has 3 rings (SSSR count). The van der Waals surface area contributed by atoms with Gasteiger partial charge in [-0.05, 0) is 32.9 Å². The minimum atomic E-state index is -0.314. The second-order valence-corrected chi connectivity index (χ2v) is 8.46. The number of hydrogen-bond acceptors (Lipinski definition) is 8. The highest BCUT2D eigenvalue weighted by Gasteiger charge is 2.24. The van der Waals surface area contributed by atoms with E-state index >= 15 is 0 Å². The number of ether oxygens (including phenoxy) is 1. The highest BCUT2D eigenvalue weighted by atomic mass is 32.2. The van der Waals surface area contributed by atoms with Gasteiger partial charge in [-0.25, -0.2) is 9.78 Å². The molecule has 28 heavy (non-hydrogen) atoms. The fourth-order valence-electron chi connectivity index (χ4n) is 2.87. The van der Waals surface area contributed by atoms with Gasteiger partial charge in [0, 0.05) is 26.2 Å². The molecule has 0 N–H and O–H groups in total. The predicted molar refractivity (Wildman–Crippen MR) is 109 cm³/mol. The van der Waals surface area contributed by atoms with Crippen LogP contribution in [0, 0.1) is 13.8 Å². The highest BCUT2D eigenvalue weighted by Crippen LogP contribution is 2.28. The van der Waals surface area contributed by atoms with Crippen molar-refractivity contribution in [2.75, 3.05) is 38.5 Å². The topological polar surface area (TPSA) is 88.5 Å². The first-order valence-electron chi connectivity index (χ1n) is 9.08. The Balaban J connectivity index is 1.49. The second-order valence-electron chi connectivity index (χ2n) is 6.26. The zero-order valence-electron chi connectivity index (χ0n) is 16.2. The molecule has 0 aliphatic carbocycles. The van der Waals surface area contributed by atoms with Gasteiger partial charge < -0.3 is 14.5 Å². The summed E-state index contributed by atoms with van der Waals surface area (Å²) in [5.41, 5.74) is 1.75. The number of carbonyl (C=O) groups is 2. The van der Waals surface area contributed by atoms with Crippen LogP contribution in [-0.2, 0) is 9.53 Å². The van der Waals surface area contributed by atoms with E-state index in [1.165, 1.54) is 11.8 Å². The van der Waals surface area contributed by atoms with Crippen LogP contribution < -0.4 is 0 Å². The van der Waals surface area contributed by atoms with E-state index in [1.54, 1.807) is 28.1 Å². The first-order chi connectivity index (χ1) is 13.5. The molecule has 2 aromatic rings. The largest absolute Gasteiger partial charge is 0.450 e. The van der Waals surface area contributed by atoms with Gasteiger partial charge in [-0.3, -0.25) is 4.79 Å². The van der Waals surface area contributed by atoms with E-state index in [9.17, 15) is 9.59 Å². The molecule has 10 heteroatoms. The molecule has 2 aromatic heterocycles. The number of rotatable bonds is 5. The molecule has 3 heterocycles. The van der Waals surface area contributed by atoms with Gasteiger partial charge in [0.25, 0.3) is 0 Å². The van der Waals surface area contributed by atoms with Crippen LogP contribution in [0.15, 0.2) is 17.2 Å². The number of aromatic nitrogens is 3. The zero-order valence-corrected chi connectivity index (χ0v) is 17.8. The Hall–Kier alpha value is -2.20. The quantitative estimate of drug-likeness (QED) is 0.686. The van der Waals surface area contributed by atoms with E-state index in [4.69, 9.17) is 4.74 Å². The summed E-state index contributed by atoms with van der Waals surface area (Å²) in [5.74, 6) is 0.333. The van der Waals surface area contributed by atoms with Crippen LogP contribution in [0.3, 0.4) is 0 Å². The Morgan fingerprint density at radius 1 is 1.14 bits per heavy atom. The van der Waals surface area contributed by atoms with Gasteiger partial charge in [0.05, 0.1) is 27.9 Å². The molecule has 0 atom stereocenters. The molecular formula is C18H23N5O3S2. The van der Waals surface area contributed by atoms with E-state index in [0.717, 1.165) is 21.3 Å². The summed E-state index contributed by atoms with van der Waals surface area (Å²) in [7, 11) is 0. The van der Waals surface area contributed by atoms with Gasteiger partial charge in [-0.2, -0.15) is 0 Å². The monoisotopic (exact) mass is 421 g/mol. The van der Waals surface area contributed by atoms with Gasteiger partial charge in [0.15, 0.2) is 0 Å². The average molecular weight is 422 g/mol. The zero-order chi connectivity index (χ0) is 20.1. The van der Waals surface area contributed by atoms with Gasteiger partial charge in [0.2, 0.25) is 5.91 Å². The Kier molecular flexibility index (Phi) is 6.84. The Morgan fingerprint density at radius 2 is 1.86 bits per heavy atom. The molecule has 0 unspecified atom stereocenters. The molecule has 150 valence electrons. The van der Waals surface area contributed by atoms with Crippen molar-refractivity contribution < 1.29 is 14.3 Å². The maximum absolute atomic E-state index is 12.4. The Morgan fingerprint density at radius 3 is 2.43 bits per heavy atom. The number of amides is 2. The number of nitrogens with zero attached hydrogens (tertiary/aromatic N) is 5. The standard InChI is InChI=1S/C18H23N5O3S2/c1-4-26-18(25)23-9-7-22(8-10-23)16(24)11-27-15-6-5-14(20-21-15)17-12(2)19-13(3)28-17/h5-6H,4,7-11H2,1-3H3. The molecule has 0 aromatic carbocycles. The summed E-state index contributed by atoms with van der Waals surface area (Å²) in [5, 5.41) is 10.2. The normalized spacial score (nSPS) is 14.2. The second kappa shape index (κ2) is 9.33. The lowest BCUT2D eigenvalue weighted by molar-refractivity contribution is -0.129. The van der Waals surface area contributed by atoms with Gasteiger partial charge >= 0.3 is 6.09 Å². The fraction of sp³-hybridized carbons (Fsp3) is 0.500. The molecule has 1 aliphatic rings. The van der Waals surface area contributed by atoms with Crippen LogP contribution in [-0.4, -0.2) is 75.5 Å². The number of aryl methyl sites for hydroxylation is 2. The van der Waals surface area contributed by atoms with E-state index in [2.05, 4.69) is 15.2 Å². The number of hydrogen-bond donors (Lipinski definition) is 0. The molecule has 2 amide bonds. The Bertz CT molecular complexity index is 832. The molecule has 1 fully saturated rings. The van der Waals surface area contributed by atoms with Crippen LogP contribution in [0.2, 0.25) is 0 Å². The van der Waals surface area contributed by atoms with E-state index in [0.29, 0.717) is 43.6 Å². The first-order valence-corrected chi connectivity index (χ1v) is 10.9. The van der Waals surface area contributed by atoms with E-state index in [-0.39, 0.29) is 12.0 Å². The van der Waals surface area contributed by atoms with Crippen molar-refractivity contribution >= 4 is 35.1 Å². The summed E-state index contributed by atoms with van der Waals surface area (Å²) in [6.45, 7) is 8.11. The summed E-state index contributed by atoms with van der Waals surface area (Å²) in [6, 6.07) is 3.80. The first kappa shape index (κ1) is 20.5. The molecule has 0 bridgehead atoms. The lowest BCUT2D eigenvalue weighted by Gasteiger charge is -2.34. The summed E-state index contributed by atoms with van der Waals surface area (Å²) >= 11 is 2.97. The number of thiazole rings is 1. The molecule has 0 spiro atoms. The molecule has 0 radical (unpaired) electrons. The number of piperazine rings is 1. The molecule has 1 saturated heterocycles. The maximum atomic E-state index is 12.4. The lowest BCUT2D eigenvalue weighted by Crippen LogP contribution is -2.51. The van der Waals surface area contributed by atoms with Crippen molar-refractivity contribution in [2.24, 2.45) is 0 Å². The van der Waals surface area contributed by atoms with Crippen LogP contribution in [0.5, 0.6) is 0 Å². The van der Waals surface area contributed by atoms with Gasteiger partial charge in [-0.1, -0.05) is 11.8 Å². The smallest absolute Gasteiger partial charge is 0.409 e. The van der Waals surface area contributed by atoms with Crippen LogP contribution in [0.25, 0.3) is 10.6 Å². The van der Waals surface area contributed by atoms with Crippen molar-refractivity contribution in [3.8, 4) is 10.6 Å². The lowest BCUT2D eigenvalue weighted by atomic mass is 10.3. The summed E-state index contributed by atoms with van der Waals surface area (Å²) in [6.07, 6.45) is -0.314. The fourth-order valence-corrected chi connectivity index (χ4v) is 4.47. The van der Waals surface area contributed by atoms with Crippen molar-refractivity contribution in [1.29, 1.82) is 0 Å². The van der Waals surface area contributed by atoms with Crippen molar-refractivity contribution in [3.05, 3.63) is 22.8 Å². The Labute approximate surface area is 172 Å². The minimum Gasteiger partial charge on any atom is -0.450 e. The van der Waals surface area contributed by atoms with Crippen molar-refractivity contribution in [2.45, 2.75) is 25.8 Å². The third kappa shape index (κ3) is 4.99. The molecular weight excluding hydrogens is 398 g/mol. The van der Waals surface area contributed by atoms with Crippen LogP contribution >= 0.6 is 23.1 Å². The summed E-state index contributed by atoms with van der Waals surface area (Å²) in [4.78, 5) is 33.0. The van der Waals surface area contributed by atoms with Crippen LogP contribution in [0.1, 0.15) is 17.6 Å². The number of thioether (sulfide) groups is 1. The van der Waals surface area contributed by atoms with E-state index in [1.807, 2.05) is 26.0 Å². The minimum absolute atomic E-state index is 0.0355. The maximum Gasteiger partial charge on any atom is 0.409 e. The van der Waals surface area contributed by atoms with Crippen molar-refractivity contribution in [3.63, 3.8) is 0 Å². The SMILES string of the molecule is CCOC(=O)N1CCN(C(=O)CSc2ccc(-c3sc(C)nc3C)nn2)CC1. The van der Waals surface area contributed by atoms with Gasteiger partial charge in [0.1, 0.15) is 10.7 Å². The third-order valence-corrected chi connectivity index (χ3v) is 6.28. The average Bonchev–Trinajstić information content (AvgIpc) is 3.05. The van der Waals surface area contributed by atoms with Crippen LogP contribution in [0.4, 0.5) is 4.79 Å². The van der Waals surface area contributed by atoms with Crippen molar-refractivity contribution in [1.82, 2.24) is 25.0 Å². The molecule has 0 saturated carbocycles. The molecule has 8 nitrogen and oxygen atoms in total. The molecule has 1 aliphatic heterocycles. The van der Waals surface area contributed by atoms with E-state index < -0.39 is 0 Å². The van der Waals surface area contributed by atoms with Gasteiger partial charge in [-0.15, -0.1) is 21.5 Å². The number of carbonyl (C=O) groups excluding carboxylic acids is 2.